The molecule has 0 bridgehead atoms. The third-order valence-electron chi connectivity index (χ3n) is 2.96. The van der Waals surface area contributed by atoms with Crippen LogP contribution in [0.4, 0.5) is 5.82 Å². The van der Waals surface area contributed by atoms with Gasteiger partial charge in [0.1, 0.15) is 11.4 Å². The molecule has 0 aliphatic rings. The molecule has 0 spiro atoms. The predicted molar refractivity (Wildman–Crippen MR) is 73.0 cm³/mol. The first kappa shape index (κ1) is 13.4. The molecular weight excluding hydrogens is 244 g/mol. The van der Waals surface area contributed by atoms with E-state index in [1.165, 1.54) is 7.11 Å². The van der Waals surface area contributed by atoms with Crippen LogP contribution in [0.1, 0.15) is 25.7 Å². The van der Waals surface area contributed by atoms with Crippen molar-refractivity contribution >= 4 is 22.8 Å². The van der Waals surface area contributed by atoms with Crippen LogP contribution in [0.3, 0.4) is 0 Å². The summed E-state index contributed by atoms with van der Waals surface area (Å²) in [7, 11) is 1.42. The van der Waals surface area contributed by atoms with Gasteiger partial charge in [0.15, 0.2) is 0 Å². The van der Waals surface area contributed by atoms with Crippen molar-refractivity contribution < 1.29 is 13.9 Å². The lowest BCUT2D eigenvalue weighted by Gasteiger charge is -2.06. The molecular formula is C14H18N2O3. The van der Waals surface area contributed by atoms with Crippen LogP contribution in [-0.2, 0) is 9.53 Å². The maximum atomic E-state index is 10.9. The summed E-state index contributed by atoms with van der Waals surface area (Å²) in [6.45, 7) is 0.832. The van der Waals surface area contributed by atoms with E-state index in [-0.39, 0.29) is 5.97 Å². The highest BCUT2D eigenvalue weighted by Gasteiger charge is 2.04. The van der Waals surface area contributed by atoms with Gasteiger partial charge in [-0.05, 0) is 25.0 Å². The molecule has 0 aromatic carbocycles. The van der Waals surface area contributed by atoms with E-state index in [0.29, 0.717) is 6.42 Å². The molecule has 0 amide bonds. The molecule has 0 aliphatic heterocycles. The third-order valence-corrected chi connectivity index (χ3v) is 2.96. The molecule has 0 atom stereocenters. The minimum absolute atomic E-state index is 0.141. The average Bonchev–Trinajstić information content (AvgIpc) is 2.91. The number of esters is 1. The summed E-state index contributed by atoms with van der Waals surface area (Å²) in [6, 6.07) is 3.75. The van der Waals surface area contributed by atoms with E-state index in [4.69, 9.17) is 4.42 Å². The quantitative estimate of drug-likeness (QED) is 0.614. The Labute approximate surface area is 112 Å². The fourth-order valence-electron chi connectivity index (χ4n) is 1.92. The molecule has 102 valence electrons. The van der Waals surface area contributed by atoms with Crippen molar-refractivity contribution in [1.82, 2.24) is 4.98 Å². The molecule has 0 fully saturated rings. The minimum atomic E-state index is -0.141. The molecule has 2 heterocycles. The number of hydrogen-bond donors (Lipinski definition) is 1. The zero-order chi connectivity index (χ0) is 13.5. The lowest BCUT2D eigenvalue weighted by atomic mass is 10.2. The van der Waals surface area contributed by atoms with Gasteiger partial charge in [0.05, 0.1) is 18.8 Å². The highest BCUT2D eigenvalue weighted by molar-refractivity contribution is 5.87. The van der Waals surface area contributed by atoms with Crippen LogP contribution in [0.15, 0.2) is 29.0 Å². The van der Waals surface area contributed by atoms with Crippen LogP contribution in [0.2, 0.25) is 0 Å². The predicted octanol–water partition coefficient (Wildman–Crippen LogP) is 2.97. The topological polar surface area (TPSA) is 64.4 Å². The van der Waals surface area contributed by atoms with Gasteiger partial charge in [0, 0.05) is 19.2 Å². The maximum Gasteiger partial charge on any atom is 0.305 e. The number of pyridine rings is 1. The number of rotatable bonds is 7. The zero-order valence-electron chi connectivity index (χ0n) is 11.0. The van der Waals surface area contributed by atoms with Gasteiger partial charge in [-0.25, -0.2) is 4.98 Å². The number of unbranched alkanes of at least 4 members (excludes halogenated alkanes) is 2. The second kappa shape index (κ2) is 6.78. The maximum absolute atomic E-state index is 10.9. The largest absolute Gasteiger partial charge is 0.469 e. The number of nitrogens with zero attached hydrogens (tertiary/aromatic N) is 1. The van der Waals surface area contributed by atoms with Crippen LogP contribution in [-0.4, -0.2) is 24.6 Å². The smallest absolute Gasteiger partial charge is 0.305 e. The highest BCUT2D eigenvalue weighted by Crippen LogP contribution is 2.21. The molecule has 19 heavy (non-hydrogen) atoms. The van der Waals surface area contributed by atoms with Crippen molar-refractivity contribution in [3.05, 3.63) is 24.6 Å². The Balaban J connectivity index is 1.71. The number of nitrogens with one attached hydrogen (secondary N) is 1. The van der Waals surface area contributed by atoms with Gasteiger partial charge in [-0.3, -0.25) is 4.79 Å². The standard InChI is InChI=1S/C14H18N2O3/c1-18-13(17)5-3-2-4-8-15-14-11-7-10-19-12(11)6-9-16-14/h6-7,9-10H,2-5,8H2,1H3,(H,15,16). The van der Waals surface area contributed by atoms with Gasteiger partial charge >= 0.3 is 5.97 Å². The number of fused-ring (bicyclic) bond motifs is 1. The van der Waals surface area contributed by atoms with Crippen molar-refractivity contribution in [2.75, 3.05) is 19.0 Å². The normalized spacial score (nSPS) is 10.6. The van der Waals surface area contributed by atoms with Gasteiger partial charge in [-0.2, -0.15) is 0 Å². The zero-order valence-corrected chi connectivity index (χ0v) is 11.0. The van der Waals surface area contributed by atoms with E-state index < -0.39 is 0 Å². The summed E-state index contributed by atoms with van der Waals surface area (Å²) in [4.78, 5) is 15.2. The van der Waals surface area contributed by atoms with E-state index in [2.05, 4.69) is 15.0 Å². The number of carbonyl (C=O) groups is 1. The van der Waals surface area contributed by atoms with Gasteiger partial charge in [-0.15, -0.1) is 0 Å². The molecule has 2 rings (SSSR count). The third kappa shape index (κ3) is 3.71. The van der Waals surface area contributed by atoms with Gasteiger partial charge in [0.2, 0.25) is 0 Å². The molecule has 0 saturated carbocycles. The van der Waals surface area contributed by atoms with Crippen LogP contribution in [0, 0.1) is 0 Å². The summed E-state index contributed by atoms with van der Waals surface area (Å²) >= 11 is 0. The second-order valence-electron chi connectivity index (χ2n) is 4.31. The minimum Gasteiger partial charge on any atom is -0.469 e. The fourth-order valence-corrected chi connectivity index (χ4v) is 1.92. The number of aromatic nitrogens is 1. The molecule has 2 aromatic rings. The molecule has 0 radical (unpaired) electrons. The number of furan rings is 1. The van der Waals surface area contributed by atoms with E-state index in [0.717, 1.165) is 42.6 Å². The number of hydrogen-bond acceptors (Lipinski definition) is 5. The first-order valence-electron chi connectivity index (χ1n) is 6.44. The summed E-state index contributed by atoms with van der Waals surface area (Å²) in [6.07, 6.45) is 6.72. The number of ether oxygens (including phenoxy) is 1. The molecule has 0 unspecified atom stereocenters. The van der Waals surface area contributed by atoms with Gasteiger partial charge in [-0.1, -0.05) is 6.42 Å². The number of methoxy groups -OCH3 is 1. The summed E-state index contributed by atoms with van der Waals surface area (Å²) in [5.41, 5.74) is 0.836. The molecule has 1 N–H and O–H groups in total. The molecule has 0 saturated heterocycles. The Hall–Kier alpha value is -2.04. The molecule has 2 aromatic heterocycles. The number of anilines is 1. The Morgan fingerprint density at radius 3 is 3.11 bits per heavy atom. The molecule has 0 aliphatic carbocycles. The van der Waals surface area contributed by atoms with Crippen molar-refractivity contribution in [1.29, 1.82) is 0 Å². The van der Waals surface area contributed by atoms with Gasteiger partial charge in [0.25, 0.3) is 0 Å². The fraction of sp³-hybridized carbons (Fsp3) is 0.429. The van der Waals surface area contributed by atoms with Crippen molar-refractivity contribution in [2.45, 2.75) is 25.7 Å². The van der Waals surface area contributed by atoms with Gasteiger partial charge < -0.3 is 14.5 Å². The Kier molecular flexibility index (Phi) is 4.78. The van der Waals surface area contributed by atoms with Crippen molar-refractivity contribution in [3.8, 4) is 0 Å². The second-order valence-corrected chi connectivity index (χ2v) is 4.31. The Bertz CT molecular complexity index is 536. The van der Waals surface area contributed by atoms with Crippen molar-refractivity contribution in [2.24, 2.45) is 0 Å². The lowest BCUT2D eigenvalue weighted by Crippen LogP contribution is -2.04. The molecule has 5 nitrogen and oxygen atoms in total. The Morgan fingerprint density at radius 1 is 1.37 bits per heavy atom. The van der Waals surface area contributed by atoms with Crippen LogP contribution in [0.5, 0.6) is 0 Å². The van der Waals surface area contributed by atoms with E-state index in [1.807, 2.05) is 12.1 Å². The summed E-state index contributed by atoms with van der Waals surface area (Å²) < 4.78 is 9.90. The van der Waals surface area contributed by atoms with E-state index in [9.17, 15) is 4.79 Å². The first-order chi connectivity index (χ1) is 9.31. The summed E-state index contributed by atoms with van der Waals surface area (Å²) in [5.74, 6) is 0.706. The Morgan fingerprint density at radius 2 is 2.26 bits per heavy atom. The van der Waals surface area contributed by atoms with Crippen LogP contribution in [0.25, 0.3) is 11.0 Å². The van der Waals surface area contributed by atoms with E-state index in [1.54, 1.807) is 12.5 Å². The molecule has 5 heteroatoms. The lowest BCUT2D eigenvalue weighted by molar-refractivity contribution is -0.140. The summed E-state index contributed by atoms with van der Waals surface area (Å²) in [5, 5.41) is 4.29. The highest BCUT2D eigenvalue weighted by atomic mass is 16.5. The SMILES string of the molecule is COC(=O)CCCCCNc1nccc2occc12. The van der Waals surface area contributed by atoms with E-state index >= 15 is 0 Å². The van der Waals surface area contributed by atoms with Crippen LogP contribution < -0.4 is 5.32 Å². The van der Waals surface area contributed by atoms with Crippen LogP contribution >= 0.6 is 0 Å². The monoisotopic (exact) mass is 262 g/mol. The average molecular weight is 262 g/mol. The van der Waals surface area contributed by atoms with Crippen molar-refractivity contribution in [3.63, 3.8) is 0 Å². The number of carbonyl (C=O) groups excluding carboxylic acids is 1. The first-order valence-corrected chi connectivity index (χ1v) is 6.44.